The molecule has 1 aromatic rings. The molecule has 0 aliphatic heterocycles. The van der Waals surface area contributed by atoms with Gasteiger partial charge in [0.2, 0.25) is 5.91 Å². The summed E-state index contributed by atoms with van der Waals surface area (Å²) in [6.45, 7) is 4.90. The predicted octanol–water partition coefficient (Wildman–Crippen LogP) is 2.66. The molecule has 1 aromatic carbocycles. The number of anilines is 1. The molecule has 0 spiro atoms. The number of hydrogen-bond donors (Lipinski definition) is 2. The summed E-state index contributed by atoms with van der Waals surface area (Å²) in [5.74, 6) is 0.0870. The van der Waals surface area contributed by atoms with Gasteiger partial charge in [-0.05, 0) is 51.1 Å². The van der Waals surface area contributed by atoms with Gasteiger partial charge < -0.3 is 10.6 Å². The summed E-state index contributed by atoms with van der Waals surface area (Å²) in [5.41, 5.74) is 3.19. The van der Waals surface area contributed by atoms with Crippen molar-refractivity contribution in [2.75, 3.05) is 18.9 Å². The summed E-state index contributed by atoms with van der Waals surface area (Å²) in [5, 5.41) is 5.97. The second-order valence-electron chi connectivity index (χ2n) is 4.07. The molecule has 1 rings (SSSR count). The molecule has 3 nitrogen and oxygen atoms in total. The van der Waals surface area contributed by atoms with E-state index in [1.165, 1.54) is 0 Å². The quantitative estimate of drug-likeness (QED) is 0.796. The van der Waals surface area contributed by atoms with Crippen molar-refractivity contribution in [1.29, 1.82) is 0 Å². The van der Waals surface area contributed by atoms with Gasteiger partial charge in [0.25, 0.3) is 0 Å². The van der Waals surface area contributed by atoms with Gasteiger partial charge in [-0.1, -0.05) is 12.1 Å². The number of benzene rings is 1. The predicted molar refractivity (Wildman–Crippen MR) is 75.0 cm³/mol. The van der Waals surface area contributed by atoms with Gasteiger partial charge >= 0.3 is 0 Å². The Hall–Kier alpha value is -1.06. The molecule has 4 heteroatoms. The number of carbonyl (C=O) groups excluding carboxylic acids is 1. The van der Waals surface area contributed by atoms with Crippen molar-refractivity contribution in [2.45, 2.75) is 26.7 Å². The van der Waals surface area contributed by atoms with Crippen LogP contribution in [0.3, 0.4) is 0 Å². The molecule has 0 aromatic heterocycles. The number of hydrogen-bond acceptors (Lipinski definition) is 2. The minimum Gasteiger partial charge on any atom is -0.326 e. The maximum atomic E-state index is 11.6. The maximum Gasteiger partial charge on any atom is 0.224 e. The van der Waals surface area contributed by atoms with Gasteiger partial charge in [-0.3, -0.25) is 4.79 Å². The van der Waals surface area contributed by atoms with Crippen molar-refractivity contribution in [3.8, 4) is 0 Å². The van der Waals surface area contributed by atoms with Gasteiger partial charge in [0.15, 0.2) is 0 Å². The van der Waals surface area contributed by atoms with Crippen LogP contribution in [0.5, 0.6) is 0 Å². The van der Waals surface area contributed by atoms with Crippen molar-refractivity contribution in [1.82, 2.24) is 5.32 Å². The van der Waals surface area contributed by atoms with E-state index in [2.05, 4.69) is 10.6 Å². The average molecular weight is 257 g/mol. The third-order valence-electron chi connectivity index (χ3n) is 2.50. The first-order valence-corrected chi connectivity index (χ1v) is 5.65. The molecule has 2 N–H and O–H groups in total. The Bertz CT molecular complexity index is 366. The Morgan fingerprint density at radius 2 is 2.00 bits per heavy atom. The summed E-state index contributed by atoms with van der Waals surface area (Å²) in [7, 11) is 1.89. The number of amides is 1. The summed E-state index contributed by atoms with van der Waals surface area (Å²) in [4.78, 5) is 11.6. The highest BCUT2D eigenvalue weighted by molar-refractivity contribution is 5.91. The zero-order valence-electron chi connectivity index (χ0n) is 10.7. The van der Waals surface area contributed by atoms with Crippen molar-refractivity contribution in [2.24, 2.45) is 0 Å². The molecule has 0 bridgehead atoms. The molecule has 0 fully saturated rings. The Morgan fingerprint density at radius 3 is 2.65 bits per heavy atom. The Morgan fingerprint density at radius 1 is 1.29 bits per heavy atom. The maximum absolute atomic E-state index is 11.6. The zero-order chi connectivity index (χ0) is 12.0. The number of aryl methyl sites for hydroxylation is 2. The monoisotopic (exact) mass is 256 g/mol. The van der Waals surface area contributed by atoms with Gasteiger partial charge in [-0.15, -0.1) is 12.4 Å². The summed E-state index contributed by atoms with van der Waals surface area (Å²) in [6, 6.07) is 6.08. The molecule has 17 heavy (non-hydrogen) atoms. The van der Waals surface area contributed by atoms with Crippen LogP contribution in [0.1, 0.15) is 24.0 Å². The lowest BCUT2D eigenvalue weighted by Gasteiger charge is -2.09. The molecule has 0 aliphatic carbocycles. The molecule has 0 unspecified atom stereocenters. The SMILES string of the molecule is CNCCCC(=O)Nc1cc(C)ccc1C.Cl. The molecular weight excluding hydrogens is 236 g/mol. The number of nitrogens with one attached hydrogen (secondary N) is 2. The fourth-order valence-corrected chi connectivity index (χ4v) is 1.51. The van der Waals surface area contributed by atoms with Crippen LogP contribution in [-0.4, -0.2) is 19.5 Å². The lowest BCUT2D eigenvalue weighted by Crippen LogP contribution is -2.15. The normalized spacial score (nSPS) is 9.59. The van der Waals surface area contributed by atoms with E-state index in [1.807, 2.05) is 39.1 Å². The molecule has 96 valence electrons. The van der Waals surface area contributed by atoms with E-state index < -0.39 is 0 Å². The zero-order valence-corrected chi connectivity index (χ0v) is 11.5. The van der Waals surface area contributed by atoms with Crippen LogP contribution < -0.4 is 10.6 Å². The molecule has 0 heterocycles. The Kier molecular flexibility index (Phi) is 7.59. The Labute approximate surface area is 109 Å². The molecule has 1 amide bonds. The van der Waals surface area contributed by atoms with Crippen molar-refractivity contribution < 1.29 is 4.79 Å². The van der Waals surface area contributed by atoms with E-state index >= 15 is 0 Å². The molecule has 0 radical (unpaired) electrons. The highest BCUT2D eigenvalue weighted by Gasteiger charge is 2.04. The van der Waals surface area contributed by atoms with Crippen LogP contribution in [-0.2, 0) is 4.79 Å². The molecule has 0 saturated carbocycles. The van der Waals surface area contributed by atoms with Gasteiger partial charge in [-0.25, -0.2) is 0 Å². The first-order chi connectivity index (χ1) is 7.63. The van der Waals surface area contributed by atoms with E-state index in [1.54, 1.807) is 0 Å². The lowest BCUT2D eigenvalue weighted by molar-refractivity contribution is -0.116. The summed E-state index contributed by atoms with van der Waals surface area (Å²) in [6.07, 6.45) is 1.43. The number of carbonyl (C=O) groups is 1. The van der Waals surface area contributed by atoms with Gasteiger partial charge in [0, 0.05) is 12.1 Å². The van der Waals surface area contributed by atoms with Crippen LogP contribution >= 0.6 is 12.4 Å². The van der Waals surface area contributed by atoms with E-state index in [4.69, 9.17) is 0 Å². The Balaban J connectivity index is 0.00000256. The highest BCUT2D eigenvalue weighted by atomic mass is 35.5. The van der Waals surface area contributed by atoms with Crippen LogP contribution in [0.15, 0.2) is 18.2 Å². The van der Waals surface area contributed by atoms with Crippen LogP contribution in [0, 0.1) is 13.8 Å². The minimum atomic E-state index is 0. The van der Waals surface area contributed by atoms with Gasteiger partial charge in [-0.2, -0.15) is 0 Å². The number of rotatable bonds is 5. The average Bonchev–Trinajstić information content (AvgIpc) is 2.24. The van der Waals surface area contributed by atoms with Crippen LogP contribution in [0.25, 0.3) is 0 Å². The molecular formula is C13H21ClN2O. The third-order valence-corrected chi connectivity index (χ3v) is 2.50. The first kappa shape index (κ1) is 15.9. The smallest absolute Gasteiger partial charge is 0.224 e. The van der Waals surface area contributed by atoms with Crippen molar-refractivity contribution in [3.63, 3.8) is 0 Å². The number of halogens is 1. The topological polar surface area (TPSA) is 41.1 Å². The fourth-order valence-electron chi connectivity index (χ4n) is 1.51. The summed E-state index contributed by atoms with van der Waals surface area (Å²) < 4.78 is 0. The van der Waals surface area contributed by atoms with E-state index in [0.717, 1.165) is 29.8 Å². The summed E-state index contributed by atoms with van der Waals surface area (Å²) >= 11 is 0. The fraction of sp³-hybridized carbons (Fsp3) is 0.462. The van der Waals surface area contributed by atoms with E-state index in [-0.39, 0.29) is 18.3 Å². The minimum absolute atomic E-state index is 0. The third kappa shape index (κ3) is 5.71. The van der Waals surface area contributed by atoms with Gasteiger partial charge in [0.05, 0.1) is 0 Å². The second-order valence-corrected chi connectivity index (χ2v) is 4.07. The van der Waals surface area contributed by atoms with E-state index in [0.29, 0.717) is 6.42 Å². The molecule has 0 aliphatic rings. The van der Waals surface area contributed by atoms with Crippen LogP contribution in [0.2, 0.25) is 0 Å². The molecule has 0 atom stereocenters. The van der Waals surface area contributed by atoms with Crippen molar-refractivity contribution in [3.05, 3.63) is 29.3 Å². The molecule has 0 saturated heterocycles. The van der Waals surface area contributed by atoms with Gasteiger partial charge in [0.1, 0.15) is 0 Å². The first-order valence-electron chi connectivity index (χ1n) is 5.65. The largest absolute Gasteiger partial charge is 0.326 e. The lowest BCUT2D eigenvalue weighted by atomic mass is 10.1. The van der Waals surface area contributed by atoms with Crippen LogP contribution in [0.4, 0.5) is 5.69 Å². The highest BCUT2D eigenvalue weighted by Crippen LogP contribution is 2.16. The standard InChI is InChI=1S/C13H20N2O.ClH/c1-10-6-7-11(2)12(9-10)15-13(16)5-4-8-14-3;/h6-7,9,14H,4-5,8H2,1-3H3,(H,15,16);1H. The van der Waals surface area contributed by atoms with E-state index in [9.17, 15) is 4.79 Å². The van der Waals surface area contributed by atoms with Crippen molar-refractivity contribution >= 4 is 24.0 Å². The second kappa shape index (κ2) is 8.09.